The highest BCUT2D eigenvalue weighted by Gasteiger charge is 2.77. The van der Waals surface area contributed by atoms with Crippen LogP contribution < -0.4 is 0 Å². The van der Waals surface area contributed by atoms with E-state index in [0.29, 0.717) is 10.8 Å². The molecule has 0 saturated heterocycles. The first kappa shape index (κ1) is 6.30. The van der Waals surface area contributed by atoms with Crippen LogP contribution in [0, 0.1) is 23.2 Å². The van der Waals surface area contributed by atoms with E-state index in [9.17, 15) is 0 Å². The lowest BCUT2D eigenvalue weighted by Crippen LogP contribution is -2.02. The summed E-state index contributed by atoms with van der Waals surface area (Å²) in [6.07, 6.45) is 2.85. The number of alkyl halides is 2. The normalized spacial score (nSPS) is 69.0. The topological polar surface area (TPSA) is 0 Å². The SMILES string of the molecule is Cl[C@H]1C2[C@H]3C[C@@H]1C[C@]23CBr. The molecule has 0 N–H and O–H groups in total. The molecule has 0 radical (unpaired) electrons. The Hall–Kier alpha value is 0.770. The summed E-state index contributed by atoms with van der Waals surface area (Å²) in [6.45, 7) is 0. The summed E-state index contributed by atoms with van der Waals surface area (Å²) >= 11 is 9.85. The molecule has 10 heavy (non-hydrogen) atoms. The van der Waals surface area contributed by atoms with Crippen molar-refractivity contribution in [1.82, 2.24) is 0 Å². The van der Waals surface area contributed by atoms with Gasteiger partial charge < -0.3 is 0 Å². The van der Waals surface area contributed by atoms with Crippen molar-refractivity contribution in [3.63, 3.8) is 0 Å². The monoisotopic (exact) mass is 220 g/mol. The van der Waals surface area contributed by atoms with Crippen molar-refractivity contribution in [1.29, 1.82) is 0 Å². The Morgan fingerprint density at radius 3 is 2.60 bits per heavy atom. The summed E-state index contributed by atoms with van der Waals surface area (Å²) in [5, 5.41) is 1.75. The van der Waals surface area contributed by atoms with E-state index >= 15 is 0 Å². The quantitative estimate of drug-likeness (QED) is 0.597. The molecule has 0 spiro atoms. The zero-order chi connectivity index (χ0) is 6.93. The van der Waals surface area contributed by atoms with Crippen molar-refractivity contribution in [2.24, 2.45) is 23.2 Å². The lowest BCUT2D eigenvalue weighted by molar-refractivity contribution is 0.550. The Morgan fingerprint density at radius 2 is 2.40 bits per heavy atom. The van der Waals surface area contributed by atoms with Crippen LogP contribution in [0.2, 0.25) is 0 Å². The van der Waals surface area contributed by atoms with E-state index in [0.717, 1.165) is 17.8 Å². The third-order valence-electron chi connectivity index (χ3n) is 3.97. The van der Waals surface area contributed by atoms with Crippen LogP contribution in [-0.2, 0) is 0 Å². The third-order valence-corrected chi connectivity index (χ3v) is 5.64. The molecule has 4 fully saturated rings. The Labute approximate surface area is 74.4 Å². The maximum absolute atomic E-state index is 6.24. The minimum absolute atomic E-state index is 0.544. The van der Waals surface area contributed by atoms with Crippen LogP contribution in [0.4, 0.5) is 0 Å². The average Bonchev–Trinajstić information content (AvgIpc) is 2.36. The molecule has 4 saturated carbocycles. The molecular weight excluding hydrogens is 211 g/mol. The molecule has 0 heterocycles. The van der Waals surface area contributed by atoms with Gasteiger partial charge in [0.2, 0.25) is 0 Å². The van der Waals surface area contributed by atoms with Crippen molar-refractivity contribution in [2.75, 3.05) is 5.33 Å². The molecular formula is C8H10BrCl. The van der Waals surface area contributed by atoms with Gasteiger partial charge in [0.1, 0.15) is 0 Å². The minimum atomic E-state index is 0.544. The Balaban J connectivity index is 2.01. The number of halogens is 2. The van der Waals surface area contributed by atoms with Crippen LogP contribution >= 0.6 is 27.5 Å². The predicted octanol–water partition coefficient (Wildman–Crippen LogP) is 2.64. The summed E-state index contributed by atoms with van der Waals surface area (Å²) in [5.41, 5.74) is 0.692. The van der Waals surface area contributed by atoms with Gasteiger partial charge in [0.25, 0.3) is 0 Å². The number of hydrogen-bond acceptors (Lipinski definition) is 0. The fourth-order valence-corrected chi connectivity index (χ4v) is 5.13. The molecule has 5 atom stereocenters. The molecule has 2 heteroatoms. The van der Waals surface area contributed by atoms with Crippen LogP contribution in [0.3, 0.4) is 0 Å². The summed E-state index contributed by atoms with van der Waals surface area (Å²) in [6, 6.07) is 0. The molecule has 4 aliphatic rings. The summed E-state index contributed by atoms with van der Waals surface area (Å²) < 4.78 is 0. The molecule has 4 rings (SSSR count). The van der Waals surface area contributed by atoms with Crippen LogP contribution in [0.25, 0.3) is 0 Å². The zero-order valence-corrected chi connectivity index (χ0v) is 8.03. The predicted molar refractivity (Wildman–Crippen MR) is 45.6 cm³/mol. The van der Waals surface area contributed by atoms with Gasteiger partial charge in [0.05, 0.1) is 0 Å². The van der Waals surface area contributed by atoms with Crippen molar-refractivity contribution in [2.45, 2.75) is 18.2 Å². The molecule has 0 aliphatic heterocycles. The van der Waals surface area contributed by atoms with Gasteiger partial charge in [-0.05, 0) is 36.0 Å². The van der Waals surface area contributed by atoms with Gasteiger partial charge in [-0.15, -0.1) is 11.6 Å². The fraction of sp³-hybridized carbons (Fsp3) is 1.00. The van der Waals surface area contributed by atoms with Crippen LogP contribution in [0.15, 0.2) is 0 Å². The van der Waals surface area contributed by atoms with Crippen LogP contribution in [0.5, 0.6) is 0 Å². The van der Waals surface area contributed by atoms with Gasteiger partial charge >= 0.3 is 0 Å². The number of rotatable bonds is 1. The molecule has 0 aromatic rings. The molecule has 4 bridgehead atoms. The van der Waals surface area contributed by atoms with Crippen LogP contribution in [0.1, 0.15) is 12.8 Å². The standard InChI is InChI=1S/C8H10BrCl/c9-3-8-2-4-1-5(8)6(8)7(4)10/h4-7H,1-3H2/t4-,5-,6?,7-,8-/m1/s1. The van der Waals surface area contributed by atoms with Crippen LogP contribution in [-0.4, -0.2) is 10.7 Å². The highest BCUT2D eigenvalue weighted by atomic mass is 79.9. The van der Waals surface area contributed by atoms with Gasteiger partial charge in [-0.25, -0.2) is 0 Å². The van der Waals surface area contributed by atoms with E-state index in [2.05, 4.69) is 15.9 Å². The van der Waals surface area contributed by atoms with Gasteiger partial charge in [0.15, 0.2) is 0 Å². The van der Waals surface area contributed by atoms with Crippen molar-refractivity contribution in [3.8, 4) is 0 Å². The first-order chi connectivity index (χ1) is 4.79. The van der Waals surface area contributed by atoms with E-state index in [-0.39, 0.29) is 0 Å². The van der Waals surface area contributed by atoms with Gasteiger partial charge in [0, 0.05) is 10.7 Å². The maximum atomic E-state index is 6.24. The Morgan fingerprint density at radius 1 is 1.60 bits per heavy atom. The van der Waals surface area contributed by atoms with E-state index in [4.69, 9.17) is 11.6 Å². The molecule has 4 aliphatic carbocycles. The molecule has 1 unspecified atom stereocenters. The average molecular weight is 222 g/mol. The van der Waals surface area contributed by atoms with Gasteiger partial charge in [-0.2, -0.15) is 0 Å². The molecule has 0 amide bonds. The highest BCUT2D eigenvalue weighted by Crippen LogP contribution is 2.80. The smallest absolute Gasteiger partial charge is 0.0401 e. The largest absolute Gasteiger partial charge is 0.122 e. The third kappa shape index (κ3) is 0.438. The van der Waals surface area contributed by atoms with Crippen molar-refractivity contribution in [3.05, 3.63) is 0 Å². The first-order valence-electron chi connectivity index (χ1n) is 3.99. The Kier molecular flexibility index (Phi) is 1.000. The first-order valence-corrected chi connectivity index (χ1v) is 5.55. The van der Waals surface area contributed by atoms with Gasteiger partial charge in [-0.3, -0.25) is 0 Å². The molecule has 56 valence electrons. The van der Waals surface area contributed by atoms with E-state index in [1.165, 1.54) is 18.2 Å². The fourth-order valence-electron chi connectivity index (χ4n) is 3.50. The molecule has 0 aromatic carbocycles. The summed E-state index contributed by atoms with van der Waals surface area (Å²) in [7, 11) is 0. The second-order valence-electron chi connectivity index (χ2n) is 4.14. The van der Waals surface area contributed by atoms with Gasteiger partial charge in [-0.1, -0.05) is 15.9 Å². The van der Waals surface area contributed by atoms with E-state index in [1.807, 2.05) is 0 Å². The Bertz CT molecular complexity index is 194. The zero-order valence-electron chi connectivity index (χ0n) is 5.69. The van der Waals surface area contributed by atoms with E-state index < -0.39 is 0 Å². The maximum Gasteiger partial charge on any atom is 0.0401 e. The lowest BCUT2D eigenvalue weighted by atomic mass is 10.1. The lowest BCUT2D eigenvalue weighted by Gasteiger charge is -2.02. The minimum Gasteiger partial charge on any atom is -0.122 e. The van der Waals surface area contributed by atoms with E-state index in [1.54, 1.807) is 0 Å². The molecule has 0 nitrogen and oxygen atoms in total. The second-order valence-corrected chi connectivity index (χ2v) is 5.21. The number of hydrogen-bond donors (Lipinski definition) is 0. The molecule has 0 aromatic heterocycles. The highest BCUT2D eigenvalue weighted by molar-refractivity contribution is 9.09. The second kappa shape index (κ2) is 1.59. The summed E-state index contributed by atoms with van der Waals surface area (Å²) in [5.74, 6) is 2.80. The van der Waals surface area contributed by atoms with Crippen molar-refractivity contribution >= 4 is 27.5 Å². The van der Waals surface area contributed by atoms with Crippen molar-refractivity contribution < 1.29 is 0 Å². The summed E-state index contributed by atoms with van der Waals surface area (Å²) in [4.78, 5) is 0.